The summed E-state index contributed by atoms with van der Waals surface area (Å²) in [4.78, 5) is 29.9. The third-order valence-corrected chi connectivity index (χ3v) is 6.90. The van der Waals surface area contributed by atoms with Crippen molar-refractivity contribution in [3.8, 4) is 11.5 Å². The molecule has 2 fully saturated rings. The molecule has 4 atom stereocenters. The van der Waals surface area contributed by atoms with Crippen LogP contribution in [0.2, 0.25) is 0 Å². The van der Waals surface area contributed by atoms with Gasteiger partial charge in [0.2, 0.25) is 0 Å². The number of carbonyl (C=O) groups excluding carboxylic acids is 2. The molecule has 1 aliphatic heterocycles. The van der Waals surface area contributed by atoms with Gasteiger partial charge in [0.05, 0.1) is 13.2 Å². The number of pyridine rings is 1. The van der Waals surface area contributed by atoms with E-state index >= 15 is 0 Å². The molecular weight excluding hydrogens is 467 g/mol. The van der Waals surface area contributed by atoms with Crippen LogP contribution < -0.4 is 10.1 Å². The third kappa shape index (κ3) is 6.51. The minimum atomic E-state index is -0.902. The van der Waals surface area contributed by atoms with Gasteiger partial charge in [-0.1, -0.05) is 12.1 Å². The largest absolute Gasteiger partial charge is 0.503 e. The topological polar surface area (TPSA) is 107 Å². The number of benzene rings is 1. The first-order valence-electron chi connectivity index (χ1n) is 12.4. The van der Waals surface area contributed by atoms with Crippen molar-refractivity contribution in [2.45, 2.75) is 63.7 Å². The molecule has 2 N–H and O–H groups in total. The summed E-state index contributed by atoms with van der Waals surface area (Å²) in [5.41, 5.74) is 0.711. The highest BCUT2D eigenvalue weighted by molar-refractivity contribution is 5.97. The number of nitrogens with one attached hydrogen (secondary N) is 1. The van der Waals surface area contributed by atoms with Gasteiger partial charge in [-0.25, -0.2) is 14.2 Å². The zero-order valence-electron chi connectivity index (χ0n) is 20.6. The Bertz CT molecular complexity index is 1060. The van der Waals surface area contributed by atoms with Crippen LogP contribution in [0, 0.1) is 17.7 Å². The number of hydrogen-bond acceptors (Lipinski definition) is 7. The Labute approximate surface area is 210 Å². The molecule has 2 aromatic rings. The second-order valence-corrected chi connectivity index (χ2v) is 9.62. The first-order valence-corrected chi connectivity index (χ1v) is 12.4. The Balaban J connectivity index is 1.49. The minimum Gasteiger partial charge on any atom is -0.503 e. The highest BCUT2D eigenvalue weighted by Crippen LogP contribution is 2.33. The molecule has 1 saturated carbocycles. The van der Waals surface area contributed by atoms with Gasteiger partial charge >= 0.3 is 5.97 Å². The normalized spacial score (nSPS) is 24.7. The van der Waals surface area contributed by atoms with Crippen molar-refractivity contribution < 1.29 is 33.3 Å². The molecule has 1 aromatic carbocycles. The van der Waals surface area contributed by atoms with E-state index in [2.05, 4.69) is 10.3 Å². The second kappa shape index (κ2) is 11.7. The van der Waals surface area contributed by atoms with Crippen molar-refractivity contribution in [3.05, 3.63) is 53.6 Å². The predicted molar refractivity (Wildman–Crippen MR) is 129 cm³/mol. The predicted octanol–water partition coefficient (Wildman–Crippen LogP) is 3.80. The third-order valence-electron chi connectivity index (χ3n) is 6.90. The summed E-state index contributed by atoms with van der Waals surface area (Å²) in [6.45, 7) is 2.51. The van der Waals surface area contributed by atoms with E-state index in [1.807, 2.05) is 6.92 Å². The maximum Gasteiger partial charge on any atom is 0.328 e. The first kappa shape index (κ1) is 25.9. The van der Waals surface area contributed by atoms with Gasteiger partial charge in [-0.15, -0.1) is 0 Å². The quantitative estimate of drug-likeness (QED) is 0.531. The fraction of sp³-hybridized carbons (Fsp3) is 0.519. The Hall–Kier alpha value is -3.20. The van der Waals surface area contributed by atoms with Gasteiger partial charge in [-0.2, -0.15) is 0 Å². The monoisotopic (exact) mass is 500 g/mol. The number of nitrogens with zero attached hydrogens (tertiary/aromatic N) is 1. The molecule has 194 valence electrons. The van der Waals surface area contributed by atoms with E-state index in [0.717, 1.165) is 5.56 Å². The van der Waals surface area contributed by atoms with E-state index < -0.39 is 29.8 Å². The molecule has 4 rings (SSSR count). The Morgan fingerprint density at radius 1 is 1.19 bits per heavy atom. The Kier molecular flexibility index (Phi) is 8.40. The number of carbonyl (C=O) groups is 2. The first-order chi connectivity index (χ1) is 17.4. The van der Waals surface area contributed by atoms with Crippen LogP contribution >= 0.6 is 0 Å². The van der Waals surface area contributed by atoms with Crippen LogP contribution in [0.3, 0.4) is 0 Å². The van der Waals surface area contributed by atoms with Crippen molar-refractivity contribution in [2.75, 3.05) is 13.7 Å². The van der Waals surface area contributed by atoms with Gasteiger partial charge in [-0.05, 0) is 69.1 Å². The van der Waals surface area contributed by atoms with Crippen LogP contribution in [-0.4, -0.2) is 53.9 Å². The van der Waals surface area contributed by atoms with Crippen LogP contribution in [0.1, 0.15) is 55.1 Å². The Morgan fingerprint density at radius 3 is 2.64 bits per heavy atom. The fourth-order valence-electron chi connectivity index (χ4n) is 4.58. The molecule has 0 unspecified atom stereocenters. The standard InChI is InChI=1S/C27H33FN2O6/c1-16-20(14-17-8-10-19(28)11-9-17)22(35-15-18-6-7-18)5-3-4-21(27(33)36-16)30-26(32)24-25(31)23(34-2)12-13-29-24/h8-13,16,18,20-22,31H,3-7,14-15H2,1-2H3,(H,30,32)/t16-,20-,21-,22-/m0/s1. The number of amides is 1. The van der Waals surface area contributed by atoms with Crippen LogP contribution in [0.15, 0.2) is 36.5 Å². The molecule has 2 aliphatic rings. The van der Waals surface area contributed by atoms with E-state index in [9.17, 15) is 19.1 Å². The van der Waals surface area contributed by atoms with Gasteiger partial charge in [-0.3, -0.25) is 4.79 Å². The average molecular weight is 501 g/mol. The van der Waals surface area contributed by atoms with Crippen LogP contribution in [-0.2, 0) is 20.7 Å². The lowest BCUT2D eigenvalue weighted by Crippen LogP contribution is -2.44. The van der Waals surface area contributed by atoms with Crippen molar-refractivity contribution >= 4 is 11.9 Å². The number of ether oxygens (including phenoxy) is 3. The fourth-order valence-corrected chi connectivity index (χ4v) is 4.58. The highest BCUT2D eigenvalue weighted by Gasteiger charge is 2.36. The maximum absolute atomic E-state index is 13.4. The van der Waals surface area contributed by atoms with E-state index in [1.165, 1.54) is 44.3 Å². The molecule has 0 radical (unpaired) electrons. The number of cyclic esters (lactones) is 1. The second-order valence-electron chi connectivity index (χ2n) is 9.62. The van der Waals surface area contributed by atoms with Crippen LogP contribution in [0.4, 0.5) is 4.39 Å². The maximum atomic E-state index is 13.4. The number of hydrogen-bond donors (Lipinski definition) is 2. The van der Waals surface area contributed by atoms with Crippen molar-refractivity contribution in [3.63, 3.8) is 0 Å². The summed E-state index contributed by atoms with van der Waals surface area (Å²) in [6.07, 6.45) is 5.28. The molecule has 36 heavy (non-hydrogen) atoms. The van der Waals surface area contributed by atoms with Gasteiger partial charge in [0, 0.05) is 24.8 Å². The van der Waals surface area contributed by atoms with Gasteiger partial charge < -0.3 is 24.6 Å². The molecular formula is C27H33FN2O6. The number of esters is 1. The van der Waals surface area contributed by atoms with Gasteiger partial charge in [0.1, 0.15) is 18.0 Å². The van der Waals surface area contributed by atoms with Crippen molar-refractivity contribution in [2.24, 2.45) is 11.8 Å². The van der Waals surface area contributed by atoms with Crippen LogP contribution in [0.5, 0.6) is 11.5 Å². The van der Waals surface area contributed by atoms with Gasteiger partial charge in [0.25, 0.3) is 5.91 Å². The highest BCUT2D eigenvalue weighted by atomic mass is 19.1. The van der Waals surface area contributed by atoms with E-state index in [4.69, 9.17) is 14.2 Å². The van der Waals surface area contributed by atoms with Crippen molar-refractivity contribution in [1.82, 2.24) is 10.3 Å². The summed E-state index contributed by atoms with van der Waals surface area (Å²) in [6, 6.07) is 6.87. The zero-order valence-corrected chi connectivity index (χ0v) is 20.6. The summed E-state index contributed by atoms with van der Waals surface area (Å²) in [5, 5.41) is 12.9. The van der Waals surface area contributed by atoms with E-state index in [1.54, 1.807) is 12.1 Å². The number of halogens is 1. The summed E-state index contributed by atoms with van der Waals surface area (Å²) >= 11 is 0. The molecule has 8 nitrogen and oxygen atoms in total. The number of aromatic nitrogens is 1. The summed E-state index contributed by atoms with van der Waals surface area (Å²) in [7, 11) is 1.37. The summed E-state index contributed by atoms with van der Waals surface area (Å²) < 4.78 is 30.7. The molecule has 0 bridgehead atoms. The molecule has 1 saturated heterocycles. The lowest BCUT2D eigenvalue weighted by Gasteiger charge is -2.31. The van der Waals surface area contributed by atoms with Crippen molar-refractivity contribution in [1.29, 1.82) is 0 Å². The average Bonchev–Trinajstić information content (AvgIpc) is 3.69. The Morgan fingerprint density at radius 2 is 1.94 bits per heavy atom. The van der Waals surface area contributed by atoms with Crippen LogP contribution in [0.25, 0.3) is 0 Å². The lowest BCUT2D eigenvalue weighted by atomic mass is 9.87. The zero-order chi connectivity index (χ0) is 25.7. The molecule has 9 heteroatoms. The number of rotatable bonds is 8. The molecule has 0 spiro atoms. The number of methoxy groups -OCH3 is 1. The lowest BCUT2D eigenvalue weighted by molar-refractivity contribution is -0.155. The van der Waals surface area contributed by atoms with E-state index in [-0.39, 0.29) is 29.3 Å². The summed E-state index contributed by atoms with van der Waals surface area (Å²) in [5.74, 6) is -1.37. The van der Waals surface area contributed by atoms with Gasteiger partial charge in [0.15, 0.2) is 17.2 Å². The molecule has 1 amide bonds. The molecule has 2 heterocycles. The minimum absolute atomic E-state index is 0.111. The smallest absolute Gasteiger partial charge is 0.328 e. The molecule has 1 aromatic heterocycles. The van der Waals surface area contributed by atoms with E-state index in [0.29, 0.717) is 38.2 Å². The molecule has 1 aliphatic carbocycles. The number of aromatic hydroxyl groups is 1. The SMILES string of the molecule is COc1ccnc(C(=O)N[C@H]2CCC[C@H](OCC3CC3)[C@@H](Cc3ccc(F)cc3)[C@H](C)OC2=O)c1O.